The largest absolute Gasteiger partial charge is 0.335 e. The fourth-order valence-corrected chi connectivity index (χ4v) is 4.50. The third kappa shape index (κ3) is 4.49. The van der Waals surface area contributed by atoms with Crippen LogP contribution in [0.1, 0.15) is 29.3 Å². The third-order valence-corrected chi connectivity index (χ3v) is 6.02. The lowest BCUT2D eigenvalue weighted by molar-refractivity contribution is 0.0985. The van der Waals surface area contributed by atoms with Crippen molar-refractivity contribution >= 4 is 55.1 Å². The number of hydrogen-bond acceptors (Lipinski definition) is 4. The average Bonchev–Trinajstić information content (AvgIpc) is 2.96. The summed E-state index contributed by atoms with van der Waals surface area (Å²) in [6.45, 7) is 1.66. The number of nitrogens with one attached hydrogen (secondary N) is 2. The molecule has 2 heterocycles. The van der Waals surface area contributed by atoms with Crippen molar-refractivity contribution in [2.24, 2.45) is 0 Å². The lowest BCUT2D eigenvalue weighted by Gasteiger charge is -2.11. The smallest absolute Gasteiger partial charge is 0.232 e. The number of carbonyl (C=O) groups excluding carboxylic acids is 1. The highest BCUT2D eigenvalue weighted by Gasteiger charge is 2.23. The van der Waals surface area contributed by atoms with Gasteiger partial charge in [0.1, 0.15) is 11.5 Å². The number of aromatic amines is 1. The van der Waals surface area contributed by atoms with Crippen molar-refractivity contribution in [1.82, 2.24) is 9.97 Å². The van der Waals surface area contributed by atoms with E-state index in [-0.39, 0.29) is 12.2 Å². The molecule has 0 aliphatic carbocycles. The first-order valence-electron chi connectivity index (χ1n) is 8.35. The first-order chi connectivity index (χ1) is 13.2. The number of hydrogen-bond donors (Lipinski definition) is 2. The number of fused-ring (bicyclic) bond motifs is 1. The van der Waals surface area contributed by atoms with Crippen molar-refractivity contribution in [2.45, 2.75) is 19.8 Å². The van der Waals surface area contributed by atoms with Crippen LogP contribution in [0.5, 0.6) is 0 Å². The topological polar surface area (TPSA) is 91.9 Å². The van der Waals surface area contributed by atoms with E-state index in [1.165, 1.54) is 6.20 Å². The number of halogens is 3. The second-order valence-electron chi connectivity index (χ2n) is 6.20. The molecule has 6 nitrogen and oxygen atoms in total. The Kier molecular flexibility index (Phi) is 5.98. The van der Waals surface area contributed by atoms with Gasteiger partial charge in [0.2, 0.25) is 10.0 Å². The number of carbonyl (C=O) groups is 1. The minimum atomic E-state index is -3.78. The molecule has 3 aromatic rings. The van der Waals surface area contributed by atoms with E-state index in [1.54, 1.807) is 13.0 Å². The number of sulfonamides is 1. The van der Waals surface area contributed by atoms with Crippen LogP contribution in [-0.4, -0.2) is 29.9 Å². The molecule has 0 saturated heterocycles. The van der Waals surface area contributed by atoms with Crippen molar-refractivity contribution in [1.29, 1.82) is 0 Å². The Morgan fingerprint density at radius 3 is 2.75 bits per heavy atom. The van der Waals surface area contributed by atoms with Crippen molar-refractivity contribution < 1.29 is 22.0 Å². The summed E-state index contributed by atoms with van der Waals surface area (Å²) in [6, 6.07) is 5.38. The van der Waals surface area contributed by atoms with Crippen LogP contribution in [0.15, 0.2) is 30.5 Å². The van der Waals surface area contributed by atoms with Gasteiger partial charge in [0.25, 0.3) is 0 Å². The van der Waals surface area contributed by atoms with Crippen LogP contribution >= 0.6 is 22.6 Å². The first-order valence-corrected chi connectivity index (χ1v) is 11.1. The van der Waals surface area contributed by atoms with E-state index in [2.05, 4.69) is 37.3 Å². The van der Waals surface area contributed by atoms with Crippen molar-refractivity contribution in [2.75, 3.05) is 10.5 Å². The second kappa shape index (κ2) is 8.11. The lowest BCUT2D eigenvalue weighted by atomic mass is 10.0. The van der Waals surface area contributed by atoms with E-state index >= 15 is 0 Å². The molecule has 0 amide bonds. The average molecular weight is 519 g/mol. The summed E-state index contributed by atoms with van der Waals surface area (Å²) in [5, 5.41) is 0.775. The summed E-state index contributed by atoms with van der Waals surface area (Å²) in [5.74, 6) is -3.30. The van der Waals surface area contributed by atoms with Gasteiger partial charge >= 0.3 is 0 Å². The summed E-state index contributed by atoms with van der Waals surface area (Å²) in [7, 11) is -3.78. The predicted molar refractivity (Wildman–Crippen MR) is 111 cm³/mol. The van der Waals surface area contributed by atoms with Crippen LogP contribution in [0.2, 0.25) is 0 Å². The first kappa shape index (κ1) is 20.6. The van der Waals surface area contributed by atoms with E-state index in [4.69, 9.17) is 0 Å². The number of anilines is 1. The summed E-state index contributed by atoms with van der Waals surface area (Å²) >= 11 is 2.09. The Balaban J connectivity index is 1.90. The Bertz CT molecular complexity index is 1160. The maximum absolute atomic E-state index is 14.7. The molecule has 0 spiro atoms. The van der Waals surface area contributed by atoms with Crippen molar-refractivity contribution in [3.8, 4) is 0 Å². The Morgan fingerprint density at radius 2 is 2.04 bits per heavy atom. The van der Waals surface area contributed by atoms with Crippen LogP contribution < -0.4 is 4.72 Å². The van der Waals surface area contributed by atoms with Crippen LogP contribution in [0, 0.1) is 15.3 Å². The summed E-state index contributed by atoms with van der Waals surface area (Å²) in [6.07, 6.45) is 1.51. The predicted octanol–water partition coefficient (Wildman–Crippen LogP) is 4.02. The Labute approximate surface area is 173 Å². The number of nitrogens with zero attached hydrogens (tertiary/aromatic N) is 1. The molecule has 0 saturated carbocycles. The van der Waals surface area contributed by atoms with Gasteiger partial charge in [-0.15, -0.1) is 0 Å². The number of aromatic nitrogens is 2. The van der Waals surface area contributed by atoms with Gasteiger partial charge in [0.15, 0.2) is 11.6 Å². The monoisotopic (exact) mass is 519 g/mol. The Hall–Kier alpha value is -2.08. The quantitative estimate of drug-likeness (QED) is 0.365. The van der Waals surface area contributed by atoms with Crippen molar-refractivity contribution in [3.05, 3.63) is 56.9 Å². The van der Waals surface area contributed by atoms with Gasteiger partial charge in [-0.1, -0.05) is 6.92 Å². The zero-order valence-electron chi connectivity index (χ0n) is 14.7. The number of Topliss-reactive ketones (excluding diaryl/α,β-unsaturated/α-hetero) is 1. The molecule has 2 N–H and O–H groups in total. The zero-order chi connectivity index (χ0) is 20.5. The third-order valence-electron chi connectivity index (χ3n) is 3.97. The molecule has 0 aliphatic heterocycles. The number of H-pyrrole nitrogens is 1. The minimum Gasteiger partial charge on any atom is -0.335 e. The number of pyridine rings is 1. The van der Waals surface area contributed by atoms with Gasteiger partial charge in [-0.3, -0.25) is 9.52 Å². The second-order valence-corrected chi connectivity index (χ2v) is 9.21. The summed E-state index contributed by atoms with van der Waals surface area (Å²) < 4.78 is 55.5. The summed E-state index contributed by atoms with van der Waals surface area (Å²) in [5.41, 5.74) is -0.0960. The van der Waals surface area contributed by atoms with E-state index in [0.29, 0.717) is 17.6 Å². The fraction of sp³-hybridized carbons (Fsp3) is 0.222. The molecule has 3 rings (SSSR count). The molecular weight excluding hydrogens is 503 g/mol. The van der Waals surface area contributed by atoms with Crippen LogP contribution in [0.4, 0.5) is 14.5 Å². The highest BCUT2D eigenvalue weighted by atomic mass is 127. The maximum Gasteiger partial charge on any atom is 0.232 e. The standard InChI is InChI=1S/C18H16F2IN3O3S/c1-2-5-28(26,27)24-13-4-3-12(19)16(17(13)20)14(25)7-10-6-11-8-15(21)23-18(11)22-9-10/h3-4,6,8-9,24H,2,5,7H2,1H3,(H,22,23). The molecule has 0 fully saturated rings. The van der Waals surface area contributed by atoms with Gasteiger partial charge in [0, 0.05) is 18.0 Å². The Morgan fingerprint density at radius 1 is 1.29 bits per heavy atom. The molecule has 28 heavy (non-hydrogen) atoms. The normalized spacial score (nSPS) is 11.7. The van der Waals surface area contributed by atoms with Gasteiger partial charge in [-0.2, -0.15) is 0 Å². The molecule has 1 aromatic carbocycles. The summed E-state index contributed by atoms with van der Waals surface area (Å²) in [4.78, 5) is 19.8. The minimum absolute atomic E-state index is 0.214. The highest BCUT2D eigenvalue weighted by molar-refractivity contribution is 14.1. The molecule has 0 aliphatic rings. The number of benzene rings is 1. The molecule has 0 unspecified atom stereocenters. The van der Waals surface area contributed by atoms with Crippen LogP contribution in [0.3, 0.4) is 0 Å². The lowest BCUT2D eigenvalue weighted by Crippen LogP contribution is -2.19. The van der Waals surface area contributed by atoms with E-state index in [0.717, 1.165) is 21.2 Å². The van der Waals surface area contributed by atoms with E-state index in [9.17, 15) is 22.0 Å². The molecule has 0 radical (unpaired) electrons. The molecule has 10 heteroatoms. The molecular formula is C18H16F2IN3O3S. The van der Waals surface area contributed by atoms with Gasteiger partial charge in [0.05, 0.1) is 20.7 Å². The van der Waals surface area contributed by atoms with Crippen molar-refractivity contribution in [3.63, 3.8) is 0 Å². The number of ketones is 1. The fourth-order valence-electron chi connectivity index (χ4n) is 2.77. The van der Waals surface area contributed by atoms with Gasteiger partial charge < -0.3 is 4.98 Å². The SMILES string of the molecule is CCCS(=O)(=O)Nc1ccc(F)c(C(=O)Cc2cnc3[nH]c(I)cc3c2)c1F. The van der Waals surface area contributed by atoms with Gasteiger partial charge in [-0.05, 0) is 58.8 Å². The van der Waals surface area contributed by atoms with Crippen LogP contribution in [-0.2, 0) is 16.4 Å². The molecule has 148 valence electrons. The molecule has 0 atom stereocenters. The molecule has 2 aromatic heterocycles. The highest BCUT2D eigenvalue weighted by Crippen LogP contribution is 2.24. The van der Waals surface area contributed by atoms with E-state index in [1.807, 2.05) is 6.07 Å². The van der Waals surface area contributed by atoms with E-state index < -0.39 is 38.7 Å². The van der Waals surface area contributed by atoms with Crippen LogP contribution in [0.25, 0.3) is 11.0 Å². The maximum atomic E-state index is 14.7. The molecule has 0 bridgehead atoms. The zero-order valence-corrected chi connectivity index (χ0v) is 17.7. The number of rotatable bonds is 7. The van der Waals surface area contributed by atoms with Gasteiger partial charge in [-0.25, -0.2) is 22.2 Å².